The number of ketones is 4. The second-order valence-corrected chi connectivity index (χ2v) is 34.9. The largest absolute Gasteiger partial charge is 1.00 e. The molecule has 4 aromatic heterocycles. The van der Waals surface area contributed by atoms with E-state index < -0.39 is 129 Å². The van der Waals surface area contributed by atoms with E-state index in [1.54, 1.807) is 109 Å². The van der Waals surface area contributed by atoms with Gasteiger partial charge in [-0.15, -0.1) is 72.4 Å². The van der Waals surface area contributed by atoms with Crippen molar-refractivity contribution in [2.45, 2.75) is 27.5 Å². The first kappa shape index (κ1) is 127. The van der Waals surface area contributed by atoms with Gasteiger partial charge in [0.05, 0.1) is 64.4 Å². The molecule has 0 radical (unpaired) electrons. The van der Waals surface area contributed by atoms with Crippen molar-refractivity contribution >= 4 is 175 Å². The van der Waals surface area contributed by atoms with Crippen LogP contribution < -0.4 is 283 Å². The number of hydrogen-bond acceptors (Lipinski definition) is 40. The minimum absolute atomic E-state index is 0. The molecule has 0 unspecified atom stereocenters. The summed E-state index contributed by atoms with van der Waals surface area (Å²) in [4.78, 5) is 141. The van der Waals surface area contributed by atoms with Crippen molar-refractivity contribution in [1.29, 1.82) is 0 Å². The maximum absolute atomic E-state index is 15.0. The zero-order valence-electron chi connectivity index (χ0n) is 78.9. The molecule has 18 rings (SSSR count). The normalized spacial score (nSPS) is 10.9. The van der Waals surface area contributed by atoms with Gasteiger partial charge in [0.15, 0.2) is 17.3 Å². The maximum Gasteiger partial charge on any atom is 1.00 e. The predicted octanol–water partition coefficient (Wildman–Crippen LogP) is -16.6. The topological polar surface area (TPSA) is 656 Å². The van der Waals surface area contributed by atoms with Crippen molar-refractivity contribution in [2.75, 3.05) is 34.4 Å². The quantitative estimate of drug-likeness (QED) is 0.0136. The molecule has 0 saturated heterocycles. The number of nitrogens with zero attached hydrogens (tertiary/aromatic N) is 8. The molecule has 0 aliphatic heterocycles. The Morgan fingerprint density at radius 2 is 0.865 bits per heavy atom. The molecule has 2 aliphatic rings. The predicted molar refractivity (Wildman–Crippen MR) is 483 cm³/mol. The van der Waals surface area contributed by atoms with Crippen LogP contribution in [-0.2, 0) is 98.7 Å². The van der Waals surface area contributed by atoms with E-state index in [9.17, 15) is 72.8 Å². The number of nitrogens with one attached hydrogen (secondary N) is 4. The number of aromatic nitrogens is 8. The molecule has 4 N–H and O–H groups in total. The summed E-state index contributed by atoms with van der Waals surface area (Å²) in [5.74, 6) is -4.18. The molecule has 2 aliphatic carbocycles. The summed E-state index contributed by atoms with van der Waals surface area (Å²) in [5.41, 5.74) is -1.52. The Kier molecular flexibility index (Phi) is 47.4. The Hall–Kier alpha value is -9.48. The van der Waals surface area contributed by atoms with E-state index in [4.69, 9.17) is 56.9 Å². The van der Waals surface area contributed by atoms with Gasteiger partial charge in [0, 0.05) is 90.0 Å². The minimum Gasteiger partial charge on any atom is -0.754 e. The Bertz CT molecular complexity index is 8870. The molecule has 0 atom stereocenters. The molecule has 148 heavy (non-hydrogen) atoms. The number of carboxylic acids is 1. The van der Waals surface area contributed by atoms with Gasteiger partial charge >= 0.3 is 286 Å². The van der Waals surface area contributed by atoms with Crippen LogP contribution in [0, 0.1) is 24.3 Å². The van der Waals surface area contributed by atoms with E-state index >= 15 is 4.79 Å². The minimum atomic E-state index is -5.40. The molecule has 0 saturated carbocycles. The number of benzene rings is 12. The number of rotatable bonds is 25. The summed E-state index contributed by atoms with van der Waals surface area (Å²) in [5, 5.41) is 27.1. The molecule has 42 nitrogen and oxygen atoms in total. The van der Waals surface area contributed by atoms with Crippen molar-refractivity contribution in [3.63, 3.8) is 0 Å². The number of hydrogen-bond donors (Lipinski definition) is 4. The van der Waals surface area contributed by atoms with Crippen molar-refractivity contribution in [1.82, 2.24) is 39.0 Å². The molecule has 0 amide bonds. The summed E-state index contributed by atoms with van der Waals surface area (Å²) in [6.45, 7) is -0.158. The van der Waals surface area contributed by atoms with E-state index in [0.717, 1.165) is 45.7 Å². The molecule has 0 bridgehead atoms. The Morgan fingerprint density at radius 1 is 0.419 bits per heavy atom. The first-order chi connectivity index (χ1) is 66.6. The van der Waals surface area contributed by atoms with Crippen LogP contribution in [0.4, 0.5) is 34.6 Å². The van der Waals surface area contributed by atoms with Crippen molar-refractivity contribution < 1.29 is 361 Å². The van der Waals surface area contributed by atoms with Crippen LogP contribution >= 0.6 is 0 Å². The van der Waals surface area contributed by atoms with Crippen LogP contribution in [0.5, 0.6) is 23.5 Å². The number of carbonyl (C=O) groups is 5. The second kappa shape index (κ2) is 55.2. The summed E-state index contributed by atoms with van der Waals surface area (Å²) >= 11 is 0. The van der Waals surface area contributed by atoms with E-state index in [1.165, 1.54) is 97.5 Å². The van der Waals surface area contributed by atoms with Gasteiger partial charge in [-0.3, -0.25) is 40.8 Å². The fraction of sp³-hybridized carbons (Fsp3) is 0.0652. The summed E-state index contributed by atoms with van der Waals surface area (Å²) in [6, 6.07) is 63.8. The fourth-order valence-corrected chi connectivity index (χ4v) is 17.2. The van der Waals surface area contributed by atoms with E-state index in [1.807, 2.05) is 0 Å². The Morgan fingerprint density at radius 3 is 1.35 bits per heavy atom. The van der Waals surface area contributed by atoms with Crippen molar-refractivity contribution in [2.24, 2.45) is 14.1 Å². The van der Waals surface area contributed by atoms with Gasteiger partial charge in [0.1, 0.15) is 39.0 Å². The smallest absolute Gasteiger partial charge is 0.754 e. The first-order valence-corrected chi connectivity index (χ1v) is 46.9. The molecule has 4 heterocycles. The van der Waals surface area contributed by atoms with Crippen molar-refractivity contribution in [3.05, 3.63) is 336 Å². The molecule has 706 valence electrons. The van der Waals surface area contributed by atoms with Crippen LogP contribution in [0.25, 0.3) is 65.6 Å². The molecule has 0 spiro atoms. The number of carboxylic acid groups (broad SMARTS) is 1. The third-order valence-electron chi connectivity index (χ3n) is 21.1. The number of aromatic carboxylic acids is 1. The van der Waals surface area contributed by atoms with Gasteiger partial charge in [0.2, 0.25) is 11.9 Å². The average molecular weight is 2180 g/mol. The standard InChI is InChI=1S/C91H58N12O19S3.CO2.8Na.3O3S/c1-102-67-33-31-64(75-77(67)73(60-19-8-10-21-62(60)83(75)106)79(85(102)108)81(104)49-14-4-3-5-15-49)94-56-28-36-69(124(115,116)117)55(42-56)46-72-97-89(101-91(99-72)121-57-29-26-48-13-6-7-16-50(48)43-57)93-38-37-92-88-96-71(98-90(100-88)122-58-30-27-51-41-54(87(110)111)25-24-52(51)44-58)40-47-23-35-70(125(118,119)120)66(39-47)95-65-32-34-68-78-74(61-20-9-11-22-63(61)84(107)76(65)78)80(86(109)103(68)2)82(105)53-17-12-18-59(45-53)123(112,113)114;2-1-3;;;;;;;;;3*1-4(2)3/h3-4,7-22,24-27,29-36,39,41-45,94-95H,37-38,40,46H2,1-2H3,(H,110,111)(H,112,113,114)(H,115,116,117)(H,118,119,120)(H,92,96,98,100)(H,93,97,99,101);;;;;;;;;;;;/q-4;;8*+1;;;/p-4. The second-order valence-electron chi connectivity index (χ2n) is 29.6. The zero-order chi connectivity index (χ0) is 101. The van der Waals surface area contributed by atoms with Crippen LogP contribution in [0.15, 0.2) is 243 Å². The number of pyridine rings is 2. The van der Waals surface area contributed by atoms with Gasteiger partial charge in [-0.05, 0) is 104 Å². The third kappa shape index (κ3) is 29.9. The van der Waals surface area contributed by atoms with Gasteiger partial charge in [-0.25, -0.2) is 8.42 Å². The molecule has 16 aromatic rings. The molecular weight excluding hydrogens is 2130 g/mol. The number of carbonyl (C=O) groups excluding carboxylic acids is 7. The third-order valence-corrected chi connectivity index (χ3v) is 23.8. The van der Waals surface area contributed by atoms with Gasteiger partial charge < -0.3 is 68.2 Å². The van der Waals surface area contributed by atoms with E-state index in [0.29, 0.717) is 21.9 Å². The summed E-state index contributed by atoms with van der Waals surface area (Å²) in [7, 11) is -22.3. The molecule has 12 aromatic carbocycles. The summed E-state index contributed by atoms with van der Waals surface area (Å²) in [6.07, 6.45) is -0.563. The number of fused-ring (bicyclic) bond motifs is 6. The number of anilines is 6. The van der Waals surface area contributed by atoms with Crippen LogP contribution in [0.1, 0.15) is 96.8 Å². The van der Waals surface area contributed by atoms with Crippen LogP contribution in [-0.4, -0.2) is 164 Å². The average Bonchev–Trinajstić information content (AvgIpc) is 0.709. The zero-order valence-corrected chi connectivity index (χ0v) is 99.8. The van der Waals surface area contributed by atoms with Gasteiger partial charge in [-0.2, -0.15) is 124 Å². The SMILES string of the molecule is Cn1c(=O)c(C(=O)c2c[c-]ccc2)c2c3c(c(Nc4[c-]cc(S(=O)(=O)[O-])c(Cc5nc(NCCNc6nc(Cc7[c-]cc(S(=O)(=O)[O-])c(Nc8ccc9c%10c8C(=O)c8ccccc8-c%10c(C(=O)c8cccc(S(=O)(=O)[O-])c8)c(=O)n9C)c7)nc(Oc7ccc8cc(C(=O)[O-])ccc8c7)n6)nc(Oc6ccc7c[c-]ccc7c6)n5)c4)ccc31)C(=O)c1ccccc1-2.O=C=O.O=S(=O)=O.O=S(=O)=O.O=S(=O)=O.[Na+].[Na+].[Na+].[Na+].[Na+].[Na+].[Na+].[Na+]. The fourth-order valence-electron chi connectivity index (χ4n) is 15.5. The number of ether oxygens (including phenoxy) is 2. The maximum atomic E-state index is 15.0. The Balaban J connectivity index is 0.00000137. The first-order valence-electron chi connectivity index (χ1n) is 39.7. The van der Waals surface area contributed by atoms with Gasteiger partial charge in [-0.1, -0.05) is 95.8 Å². The van der Waals surface area contributed by atoms with Crippen LogP contribution in [0.3, 0.4) is 0 Å². The molecule has 0 fully saturated rings. The van der Waals surface area contributed by atoms with Crippen molar-refractivity contribution in [3.8, 4) is 45.8 Å². The van der Waals surface area contributed by atoms with E-state index in [2.05, 4.69) is 75.4 Å². The number of aryl methyl sites for hydroxylation is 2. The van der Waals surface area contributed by atoms with Gasteiger partial charge in [0.25, 0.3) is 11.1 Å². The molecule has 56 heteroatoms. The monoisotopic (exact) mass is 2180 g/mol. The van der Waals surface area contributed by atoms with Crippen LogP contribution in [0.2, 0.25) is 0 Å². The van der Waals surface area contributed by atoms with E-state index in [-0.39, 0.29) is 421 Å². The summed E-state index contributed by atoms with van der Waals surface area (Å²) < 4.78 is 207. The molecular formula is C92H54N12Na8O30S6. The Labute approximate surface area is 1020 Å².